The van der Waals surface area contributed by atoms with Gasteiger partial charge in [-0.3, -0.25) is 0 Å². The second-order valence-electron chi connectivity index (χ2n) is 4.37. The fraction of sp³-hybridized carbons (Fsp3) is 0.200. The number of aryl methyl sites for hydroxylation is 2. The maximum absolute atomic E-state index is 6.35. The summed E-state index contributed by atoms with van der Waals surface area (Å²) in [7, 11) is 0. The van der Waals surface area contributed by atoms with Gasteiger partial charge in [-0.25, -0.2) is 0 Å². The van der Waals surface area contributed by atoms with Crippen molar-refractivity contribution in [1.82, 2.24) is 0 Å². The van der Waals surface area contributed by atoms with E-state index in [0.717, 1.165) is 15.1 Å². The van der Waals surface area contributed by atoms with Gasteiger partial charge in [-0.1, -0.05) is 63.4 Å². The number of hydrogen-bond donors (Lipinski definition) is 0. The van der Waals surface area contributed by atoms with Crippen molar-refractivity contribution in [2.75, 3.05) is 0 Å². The van der Waals surface area contributed by atoms with Crippen molar-refractivity contribution in [3.05, 3.63) is 68.1 Å². The lowest BCUT2D eigenvalue weighted by atomic mass is 9.98. The lowest BCUT2D eigenvalue weighted by Crippen LogP contribution is -1.97. The summed E-state index contributed by atoms with van der Waals surface area (Å²) in [6.07, 6.45) is 0. The monoisotopic (exact) mass is 386 g/mol. The highest BCUT2D eigenvalue weighted by atomic mass is 79.9. The summed E-state index contributed by atoms with van der Waals surface area (Å²) in [5.41, 5.74) is 4.86. The minimum absolute atomic E-state index is 0.113. The molecule has 0 heterocycles. The van der Waals surface area contributed by atoms with E-state index < -0.39 is 0 Å². The summed E-state index contributed by atoms with van der Waals surface area (Å²) < 4.78 is 0.927. The summed E-state index contributed by atoms with van der Waals surface area (Å²) >= 11 is 13.6. The standard InChI is InChI=1S/C15H13Br2Cl/c1-9-6-7-10(2)12(8-9)14(17)11-4-3-5-13(16)15(11)18/h3-8,14H,1-2H3. The molecule has 1 unspecified atom stereocenters. The van der Waals surface area contributed by atoms with Gasteiger partial charge < -0.3 is 0 Å². The molecule has 0 bridgehead atoms. The van der Waals surface area contributed by atoms with Crippen LogP contribution in [0, 0.1) is 13.8 Å². The van der Waals surface area contributed by atoms with Gasteiger partial charge in [-0.15, -0.1) is 0 Å². The van der Waals surface area contributed by atoms with Crippen LogP contribution in [0.1, 0.15) is 27.1 Å². The molecular weight excluding hydrogens is 375 g/mol. The van der Waals surface area contributed by atoms with Crippen LogP contribution >= 0.6 is 43.5 Å². The van der Waals surface area contributed by atoms with E-state index in [1.807, 2.05) is 18.2 Å². The molecule has 0 aliphatic heterocycles. The Morgan fingerprint density at radius 2 is 1.78 bits per heavy atom. The largest absolute Gasteiger partial charge is 0.0827 e. The van der Waals surface area contributed by atoms with Gasteiger partial charge in [0.05, 0.1) is 9.85 Å². The van der Waals surface area contributed by atoms with Crippen LogP contribution in [-0.4, -0.2) is 0 Å². The van der Waals surface area contributed by atoms with Crippen molar-refractivity contribution in [1.29, 1.82) is 0 Å². The molecule has 0 saturated carbocycles. The molecule has 18 heavy (non-hydrogen) atoms. The zero-order chi connectivity index (χ0) is 13.3. The topological polar surface area (TPSA) is 0 Å². The van der Waals surface area contributed by atoms with Crippen LogP contribution in [-0.2, 0) is 0 Å². The Bertz CT molecular complexity index is 577. The number of benzene rings is 2. The lowest BCUT2D eigenvalue weighted by molar-refractivity contribution is 1.13. The first-order valence-electron chi connectivity index (χ1n) is 5.66. The highest BCUT2D eigenvalue weighted by molar-refractivity contribution is 9.10. The number of halogens is 3. The minimum Gasteiger partial charge on any atom is -0.0827 e. The fourth-order valence-corrected chi connectivity index (χ4v) is 3.54. The zero-order valence-corrected chi connectivity index (χ0v) is 14.1. The number of alkyl halides is 1. The van der Waals surface area contributed by atoms with Crippen molar-refractivity contribution in [2.45, 2.75) is 18.7 Å². The Morgan fingerprint density at radius 1 is 1.06 bits per heavy atom. The van der Waals surface area contributed by atoms with E-state index in [-0.39, 0.29) is 4.83 Å². The van der Waals surface area contributed by atoms with Crippen LogP contribution in [0.5, 0.6) is 0 Å². The first-order valence-corrected chi connectivity index (χ1v) is 7.74. The second-order valence-corrected chi connectivity index (χ2v) is 6.51. The predicted octanol–water partition coefficient (Wildman–Crippen LogP) is 6.20. The molecule has 0 amide bonds. The molecule has 2 aromatic rings. The summed E-state index contributed by atoms with van der Waals surface area (Å²) in [6, 6.07) is 12.5. The van der Waals surface area contributed by atoms with Gasteiger partial charge in [-0.2, -0.15) is 0 Å². The van der Waals surface area contributed by atoms with Gasteiger partial charge >= 0.3 is 0 Å². The second kappa shape index (κ2) is 5.77. The average molecular weight is 389 g/mol. The van der Waals surface area contributed by atoms with Gasteiger partial charge in [0.25, 0.3) is 0 Å². The predicted molar refractivity (Wildman–Crippen MR) is 85.8 cm³/mol. The van der Waals surface area contributed by atoms with E-state index >= 15 is 0 Å². The smallest absolute Gasteiger partial charge is 0.0662 e. The van der Waals surface area contributed by atoms with Gasteiger partial charge in [0.2, 0.25) is 0 Å². The molecular formula is C15H13Br2Cl. The Hall–Kier alpha value is -0.310. The van der Waals surface area contributed by atoms with Crippen molar-refractivity contribution in [3.8, 4) is 0 Å². The van der Waals surface area contributed by atoms with Crippen LogP contribution in [0.3, 0.4) is 0 Å². The van der Waals surface area contributed by atoms with Gasteiger partial charge in [0.1, 0.15) is 0 Å². The zero-order valence-electron chi connectivity index (χ0n) is 10.2. The molecule has 2 rings (SSSR count). The third kappa shape index (κ3) is 2.81. The third-order valence-corrected chi connectivity index (χ3v) is 5.26. The Labute approximate surface area is 130 Å². The maximum Gasteiger partial charge on any atom is 0.0662 e. The highest BCUT2D eigenvalue weighted by Crippen LogP contribution is 2.39. The van der Waals surface area contributed by atoms with Crippen LogP contribution in [0.4, 0.5) is 0 Å². The van der Waals surface area contributed by atoms with Gasteiger partial charge in [0.15, 0.2) is 0 Å². The Balaban J connectivity index is 2.51. The molecule has 0 aliphatic rings. The highest BCUT2D eigenvalue weighted by Gasteiger charge is 2.17. The molecule has 0 saturated heterocycles. The minimum atomic E-state index is 0.113. The van der Waals surface area contributed by atoms with Gasteiger partial charge in [-0.05, 0) is 52.5 Å². The van der Waals surface area contributed by atoms with Crippen molar-refractivity contribution in [2.24, 2.45) is 0 Å². The quantitative estimate of drug-likeness (QED) is 0.537. The Morgan fingerprint density at radius 3 is 2.50 bits per heavy atom. The van der Waals surface area contributed by atoms with E-state index in [1.165, 1.54) is 16.7 Å². The summed E-state index contributed by atoms with van der Waals surface area (Å²) in [6.45, 7) is 4.22. The van der Waals surface area contributed by atoms with Crippen molar-refractivity contribution >= 4 is 43.5 Å². The maximum atomic E-state index is 6.35. The van der Waals surface area contributed by atoms with Crippen molar-refractivity contribution in [3.63, 3.8) is 0 Å². The first kappa shape index (κ1) is 14.1. The molecule has 0 N–H and O–H groups in total. The molecule has 0 aliphatic carbocycles. The molecule has 2 aromatic carbocycles. The van der Waals surface area contributed by atoms with E-state index in [0.29, 0.717) is 0 Å². The molecule has 1 atom stereocenters. The van der Waals surface area contributed by atoms with E-state index in [1.54, 1.807) is 0 Å². The summed E-state index contributed by atoms with van der Waals surface area (Å²) in [4.78, 5) is 0.113. The van der Waals surface area contributed by atoms with E-state index in [4.69, 9.17) is 11.6 Å². The average Bonchev–Trinajstić information content (AvgIpc) is 2.35. The SMILES string of the molecule is Cc1ccc(C)c(C(Br)c2cccc(Br)c2Cl)c1. The summed E-state index contributed by atoms with van der Waals surface area (Å²) in [5, 5.41) is 0.764. The van der Waals surface area contributed by atoms with E-state index in [9.17, 15) is 0 Å². The normalized spacial score (nSPS) is 12.5. The van der Waals surface area contributed by atoms with Crippen LogP contribution in [0.2, 0.25) is 5.02 Å². The van der Waals surface area contributed by atoms with Crippen LogP contribution in [0.15, 0.2) is 40.9 Å². The molecule has 94 valence electrons. The van der Waals surface area contributed by atoms with Crippen molar-refractivity contribution < 1.29 is 0 Å². The molecule has 3 heteroatoms. The van der Waals surface area contributed by atoms with Crippen LogP contribution < -0.4 is 0 Å². The molecule has 0 radical (unpaired) electrons. The first-order chi connectivity index (χ1) is 8.50. The molecule has 0 spiro atoms. The molecule has 0 nitrogen and oxygen atoms in total. The van der Waals surface area contributed by atoms with E-state index in [2.05, 4.69) is 63.9 Å². The molecule has 0 fully saturated rings. The number of rotatable bonds is 2. The third-order valence-electron chi connectivity index (χ3n) is 2.96. The lowest BCUT2D eigenvalue weighted by Gasteiger charge is -2.16. The Kier molecular flexibility index (Phi) is 4.52. The summed E-state index contributed by atoms with van der Waals surface area (Å²) in [5.74, 6) is 0. The van der Waals surface area contributed by atoms with Crippen LogP contribution in [0.25, 0.3) is 0 Å². The molecule has 0 aromatic heterocycles. The fourth-order valence-electron chi connectivity index (χ4n) is 1.92. The number of hydrogen-bond acceptors (Lipinski definition) is 0. The van der Waals surface area contributed by atoms with Gasteiger partial charge in [0, 0.05) is 4.47 Å².